The summed E-state index contributed by atoms with van der Waals surface area (Å²) in [5.74, 6) is 1.63. The van der Waals surface area contributed by atoms with Gasteiger partial charge in [0, 0.05) is 26.0 Å². The van der Waals surface area contributed by atoms with Gasteiger partial charge in [-0.25, -0.2) is 4.98 Å². The van der Waals surface area contributed by atoms with Gasteiger partial charge in [-0.05, 0) is 43.6 Å². The molecule has 0 radical (unpaired) electrons. The smallest absolute Gasteiger partial charge is 0.319 e. The van der Waals surface area contributed by atoms with Crippen LogP contribution in [0.5, 0.6) is 5.75 Å². The van der Waals surface area contributed by atoms with E-state index >= 15 is 0 Å². The summed E-state index contributed by atoms with van der Waals surface area (Å²) in [6.45, 7) is 0.264. The maximum Gasteiger partial charge on any atom is 0.319 e. The Kier molecular flexibility index (Phi) is 7.40. The fourth-order valence-electron chi connectivity index (χ4n) is 3.60. The van der Waals surface area contributed by atoms with Gasteiger partial charge in [0.1, 0.15) is 11.6 Å². The van der Waals surface area contributed by atoms with Gasteiger partial charge in [0.25, 0.3) is 0 Å². The fraction of sp³-hybridized carbons (Fsp3) is 0.500. The molecule has 0 aliphatic carbocycles. The predicted molar refractivity (Wildman–Crippen MR) is 108 cm³/mol. The Morgan fingerprint density at radius 3 is 2.76 bits per heavy atom. The Morgan fingerprint density at radius 1 is 1.28 bits per heavy atom. The van der Waals surface area contributed by atoms with Crippen LogP contribution in [-0.2, 0) is 6.54 Å². The molecule has 158 valence electrons. The molecule has 1 saturated heterocycles. The monoisotopic (exact) mass is 406 g/mol. The van der Waals surface area contributed by atoms with E-state index in [1.54, 1.807) is 14.2 Å². The molecule has 9 heteroatoms. The molecular weight excluding hydrogens is 378 g/mol. The summed E-state index contributed by atoms with van der Waals surface area (Å²) in [5, 5.41) is 6.39. The summed E-state index contributed by atoms with van der Waals surface area (Å²) in [7, 11) is 3.32. The molecule has 1 fully saturated rings. The Bertz CT molecular complexity index is 804. The normalized spacial score (nSPS) is 16.2. The number of nitrogens with zero attached hydrogens (tertiary/aromatic N) is 4. The van der Waals surface area contributed by atoms with E-state index in [-0.39, 0.29) is 18.4 Å². The number of guanidine groups is 1. The molecule has 3 rings (SSSR count). The third-order valence-corrected chi connectivity index (χ3v) is 5.12. The molecule has 2 N–H and O–H groups in total. The number of methoxy groups -OCH3 is 1. The van der Waals surface area contributed by atoms with Crippen LogP contribution in [0, 0.1) is 0 Å². The third-order valence-electron chi connectivity index (χ3n) is 5.12. The lowest BCUT2D eigenvalue weighted by Crippen LogP contribution is -2.42. The van der Waals surface area contributed by atoms with Crippen molar-refractivity contribution in [2.45, 2.75) is 32.0 Å². The number of aliphatic imine (C=N–C) groups is 1. The molecule has 0 bridgehead atoms. The van der Waals surface area contributed by atoms with Crippen molar-refractivity contribution in [1.82, 2.24) is 25.1 Å². The average molecular weight is 406 g/mol. The summed E-state index contributed by atoms with van der Waals surface area (Å²) in [6.07, 6.45) is 5.00. The lowest BCUT2D eigenvalue weighted by atomic mass is 10.1. The van der Waals surface area contributed by atoms with Crippen molar-refractivity contribution in [3.8, 4) is 5.75 Å². The summed E-state index contributed by atoms with van der Waals surface area (Å²) < 4.78 is 32.2. The molecule has 1 aromatic heterocycles. The molecule has 2 heterocycles. The number of likely N-dealkylation sites (tertiary alicyclic amines) is 1. The van der Waals surface area contributed by atoms with Crippen LogP contribution in [0.15, 0.2) is 41.7 Å². The molecule has 1 aliphatic rings. The second-order valence-electron chi connectivity index (χ2n) is 6.87. The topological polar surface area (TPSA) is 66.7 Å². The molecule has 1 aliphatic heterocycles. The summed E-state index contributed by atoms with van der Waals surface area (Å²) in [5.41, 5.74) is 1.17. The van der Waals surface area contributed by atoms with Crippen molar-refractivity contribution in [3.63, 3.8) is 0 Å². The first kappa shape index (κ1) is 21.0. The number of halogens is 2. The highest BCUT2D eigenvalue weighted by molar-refractivity contribution is 5.79. The zero-order chi connectivity index (χ0) is 20.6. The van der Waals surface area contributed by atoms with E-state index in [0.717, 1.165) is 23.4 Å². The van der Waals surface area contributed by atoms with Crippen molar-refractivity contribution < 1.29 is 13.5 Å². The first-order chi connectivity index (χ1) is 14.1. The first-order valence-corrected chi connectivity index (χ1v) is 9.74. The molecular formula is C20H28F2N6O. The lowest BCUT2D eigenvalue weighted by molar-refractivity contribution is 0.0668. The van der Waals surface area contributed by atoms with Crippen LogP contribution in [-0.4, -0.2) is 54.2 Å². The van der Waals surface area contributed by atoms with Gasteiger partial charge in [-0.15, -0.1) is 0 Å². The molecule has 7 nitrogen and oxygen atoms in total. The number of alkyl halides is 2. The van der Waals surface area contributed by atoms with Gasteiger partial charge in [-0.1, -0.05) is 12.1 Å². The molecule has 0 amide bonds. The highest BCUT2D eigenvalue weighted by atomic mass is 19.3. The van der Waals surface area contributed by atoms with Crippen LogP contribution in [0.1, 0.15) is 36.8 Å². The standard InChI is InChI=1S/C20H28F2N6O/c1-23-20(26-14-18-24-8-11-28(18)19(21)22)25-13-17(27-9-3-4-10-27)15-6-5-7-16(12-15)29-2/h5-8,11-12,17,19H,3-4,9-10,13-14H2,1-2H3,(H2,23,25,26). The molecule has 1 unspecified atom stereocenters. The van der Waals surface area contributed by atoms with Gasteiger partial charge >= 0.3 is 6.55 Å². The zero-order valence-electron chi connectivity index (χ0n) is 16.8. The second kappa shape index (κ2) is 10.2. The number of hydrogen-bond donors (Lipinski definition) is 2. The third kappa shape index (κ3) is 5.44. The number of imidazole rings is 1. The maximum atomic E-state index is 13.0. The van der Waals surface area contributed by atoms with Crippen LogP contribution >= 0.6 is 0 Å². The van der Waals surface area contributed by atoms with E-state index in [2.05, 4.69) is 37.6 Å². The number of rotatable bonds is 8. The lowest BCUT2D eigenvalue weighted by Gasteiger charge is -2.29. The average Bonchev–Trinajstić information content (AvgIpc) is 3.42. The van der Waals surface area contributed by atoms with Crippen LogP contribution in [0.25, 0.3) is 0 Å². The Labute approximate surface area is 169 Å². The van der Waals surface area contributed by atoms with Crippen LogP contribution in [0.4, 0.5) is 8.78 Å². The molecule has 0 saturated carbocycles. The minimum absolute atomic E-state index is 0.157. The Hall–Kier alpha value is -2.68. The van der Waals surface area contributed by atoms with Crippen molar-refractivity contribution >= 4 is 5.96 Å². The number of benzene rings is 1. The van der Waals surface area contributed by atoms with Gasteiger partial charge in [-0.3, -0.25) is 14.5 Å². The number of ether oxygens (including phenoxy) is 1. The van der Waals surface area contributed by atoms with E-state index in [4.69, 9.17) is 4.74 Å². The van der Waals surface area contributed by atoms with E-state index in [1.165, 1.54) is 30.8 Å². The number of hydrogen-bond acceptors (Lipinski definition) is 4. The fourth-order valence-corrected chi connectivity index (χ4v) is 3.60. The Balaban J connectivity index is 1.64. The van der Waals surface area contributed by atoms with E-state index in [1.807, 2.05) is 12.1 Å². The SMILES string of the molecule is CN=C(NCc1nccn1C(F)F)NCC(c1cccc(OC)c1)N1CCCC1. The Morgan fingerprint density at radius 2 is 2.07 bits per heavy atom. The molecule has 0 spiro atoms. The summed E-state index contributed by atoms with van der Waals surface area (Å²) >= 11 is 0. The highest BCUT2D eigenvalue weighted by Gasteiger charge is 2.24. The maximum absolute atomic E-state index is 13.0. The van der Waals surface area contributed by atoms with Crippen LogP contribution in [0.3, 0.4) is 0 Å². The van der Waals surface area contributed by atoms with E-state index in [9.17, 15) is 8.78 Å². The minimum atomic E-state index is -2.61. The van der Waals surface area contributed by atoms with Gasteiger partial charge in [0.2, 0.25) is 0 Å². The quantitative estimate of drug-likeness (QED) is 0.521. The first-order valence-electron chi connectivity index (χ1n) is 9.74. The van der Waals surface area contributed by atoms with Crippen LogP contribution < -0.4 is 15.4 Å². The van der Waals surface area contributed by atoms with Gasteiger partial charge in [0.15, 0.2) is 5.96 Å². The van der Waals surface area contributed by atoms with Crippen molar-refractivity contribution in [1.29, 1.82) is 0 Å². The largest absolute Gasteiger partial charge is 0.497 e. The predicted octanol–water partition coefficient (Wildman–Crippen LogP) is 2.79. The van der Waals surface area contributed by atoms with Gasteiger partial charge in [-0.2, -0.15) is 8.78 Å². The van der Waals surface area contributed by atoms with Crippen molar-refractivity contribution in [2.75, 3.05) is 33.8 Å². The summed E-state index contributed by atoms with van der Waals surface area (Å²) in [4.78, 5) is 10.6. The highest BCUT2D eigenvalue weighted by Crippen LogP contribution is 2.27. The molecule has 29 heavy (non-hydrogen) atoms. The second-order valence-corrected chi connectivity index (χ2v) is 6.87. The number of nitrogens with one attached hydrogen (secondary N) is 2. The summed E-state index contributed by atoms with van der Waals surface area (Å²) in [6, 6.07) is 8.25. The molecule has 1 aromatic carbocycles. The number of aromatic nitrogens is 2. The van der Waals surface area contributed by atoms with Gasteiger partial charge in [0.05, 0.1) is 19.7 Å². The molecule has 2 aromatic rings. The minimum Gasteiger partial charge on any atom is -0.497 e. The van der Waals surface area contributed by atoms with E-state index < -0.39 is 6.55 Å². The van der Waals surface area contributed by atoms with Crippen molar-refractivity contribution in [3.05, 3.63) is 48.0 Å². The zero-order valence-corrected chi connectivity index (χ0v) is 16.8. The van der Waals surface area contributed by atoms with Gasteiger partial charge < -0.3 is 15.4 Å². The van der Waals surface area contributed by atoms with Crippen LogP contribution in [0.2, 0.25) is 0 Å². The van der Waals surface area contributed by atoms with Crippen molar-refractivity contribution in [2.24, 2.45) is 4.99 Å². The van der Waals surface area contributed by atoms with E-state index in [0.29, 0.717) is 12.5 Å². The molecule has 1 atom stereocenters.